The largest absolute Gasteiger partial charge is 0.373 e. The number of aryl methyl sites for hydroxylation is 1. The van der Waals surface area contributed by atoms with Crippen LogP contribution in [0.5, 0.6) is 0 Å². The summed E-state index contributed by atoms with van der Waals surface area (Å²) in [5.41, 5.74) is 2.61. The van der Waals surface area contributed by atoms with Crippen LogP contribution in [0.2, 0.25) is 0 Å². The average Bonchev–Trinajstić information content (AvgIpc) is 3.40. The van der Waals surface area contributed by atoms with Crippen molar-refractivity contribution in [2.45, 2.75) is 39.1 Å². The molecular formula is C21H25N7O3. The van der Waals surface area contributed by atoms with Gasteiger partial charge in [0.15, 0.2) is 5.82 Å². The molecule has 1 atom stereocenters. The lowest BCUT2D eigenvalue weighted by atomic mass is 10.0. The molecule has 3 aromatic rings. The zero-order valence-electron chi connectivity index (χ0n) is 17.5. The molecule has 1 aliphatic heterocycles. The van der Waals surface area contributed by atoms with Crippen LogP contribution in [0.15, 0.2) is 36.4 Å². The first-order chi connectivity index (χ1) is 15.1. The second-order valence-corrected chi connectivity index (χ2v) is 7.32. The van der Waals surface area contributed by atoms with Crippen LogP contribution in [0.25, 0.3) is 0 Å². The first-order valence-electron chi connectivity index (χ1n) is 10.2. The van der Waals surface area contributed by atoms with Gasteiger partial charge in [-0.2, -0.15) is 4.80 Å². The summed E-state index contributed by atoms with van der Waals surface area (Å²) in [4.78, 5) is 27.3. The summed E-state index contributed by atoms with van der Waals surface area (Å²) in [6.07, 6.45) is 0.751. The Morgan fingerprint density at radius 2 is 2.03 bits per heavy atom. The molecule has 0 saturated carbocycles. The lowest BCUT2D eigenvalue weighted by Gasteiger charge is -2.20. The van der Waals surface area contributed by atoms with E-state index in [2.05, 4.69) is 26.0 Å². The van der Waals surface area contributed by atoms with Crippen molar-refractivity contribution in [1.82, 2.24) is 35.4 Å². The summed E-state index contributed by atoms with van der Waals surface area (Å²) in [7, 11) is 1.66. The van der Waals surface area contributed by atoms with Gasteiger partial charge in [0.2, 0.25) is 0 Å². The molecule has 0 unspecified atom stereocenters. The average molecular weight is 423 g/mol. The minimum Gasteiger partial charge on any atom is -0.373 e. The number of nitrogens with zero attached hydrogens (tertiary/aromatic N) is 5. The summed E-state index contributed by atoms with van der Waals surface area (Å²) in [6.45, 7) is 3.44. The number of rotatable bonds is 7. The quantitative estimate of drug-likeness (QED) is 0.593. The predicted octanol–water partition coefficient (Wildman–Crippen LogP) is 1.35. The van der Waals surface area contributed by atoms with Gasteiger partial charge in [-0.1, -0.05) is 37.3 Å². The van der Waals surface area contributed by atoms with Crippen molar-refractivity contribution in [2.75, 3.05) is 6.61 Å². The second-order valence-electron chi connectivity index (χ2n) is 7.32. The number of benzene rings is 1. The van der Waals surface area contributed by atoms with Gasteiger partial charge in [0.05, 0.1) is 44.1 Å². The molecule has 0 spiro atoms. The maximum Gasteiger partial charge on any atom is 0.268 e. The Hall–Kier alpha value is -3.53. The highest BCUT2D eigenvalue weighted by atomic mass is 16.5. The van der Waals surface area contributed by atoms with Gasteiger partial charge < -0.3 is 19.9 Å². The number of nitrogens with one attached hydrogen (secondary N) is 2. The number of carbonyl (C=O) groups is 2. The Labute approximate surface area is 179 Å². The van der Waals surface area contributed by atoms with Crippen molar-refractivity contribution in [3.05, 3.63) is 64.7 Å². The Morgan fingerprint density at radius 3 is 2.74 bits per heavy atom. The number of aromatic nitrogens is 5. The van der Waals surface area contributed by atoms with Crippen LogP contribution in [0.1, 0.15) is 57.3 Å². The highest BCUT2D eigenvalue weighted by Gasteiger charge is 2.27. The lowest BCUT2D eigenvalue weighted by molar-refractivity contribution is 0.0776. The van der Waals surface area contributed by atoms with Gasteiger partial charge in [-0.3, -0.25) is 9.59 Å². The fourth-order valence-corrected chi connectivity index (χ4v) is 3.70. The third-order valence-corrected chi connectivity index (χ3v) is 5.26. The SMILES string of the molecule is CC[C@@H](NC(=O)c1cc(C(=O)NCc2nnn(C)n2)n2c1COCC2)c1ccccc1. The van der Waals surface area contributed by atoms with Crippen molar-refractivity contribution in [3.63, 3.8) is 0 Å². The maximum absolute atomic E-state index is 13.1. The summed E-state index contributed by atoms with van der Waals surface area (Å²) < 4.78 is 7.41. The van der Waals surface area contributed by atoms with Gasteiger partial charge in [0.1, 0.15) is 5.69 Å². The van der Waals surface area contributed by atoms with Gasteiger partial charge in [-0.05, 0) is 23.3 Å². The Balaban J connectivity index is 1.54. The van der Waals surface area contributed by atoms with E-state index in [9.17, 15) is 9.59 Å². The molecule has 31 heavy (non-hydrogen) atoms. The van der Waals surface area contributed by atoms with E-state index >= 15 is 0 Å². The fourth-order valence-electron chi connectivity index (χ4n) is 3.70. The van der Waals surface area contributed by atoms with Gasteiger partial charge in [0, 0.05) is 6.54 Å². The second kappa shape index (κ2) is 9.09. The van der Waals surface area contributed by atoms with E-state index in [1.54, 1.807) is 13.1 Å². The van der Waals surface area contributed by atoms with Gasteiger partial charge in [0.25, 0.3) is 11.8 Å². The van der Waals surface area contributed by atoms with Crippen LogP contribution in [0.4, 0.5) is 0 Å². The molecule has 0 aliphatic carbocycles. The normalized spacial score (nSPS) is 14.0. The van der Waals surface area contributed by atoms with E-state index in [-0.39, 0.29) is 31.0 Å². The third-order valence-electron chi connectivity index (χ3n) is 5.26. The van der Waals surface area contributed by atoms with E-state index in [4.69, 9.17) is 4.74 Å². The summed E-state index contributed by atoms with van der Waals surface area (Å²) in [5.74, 6) is -0.111. The molecule has 162 valence electrons. The van der Waals surface area contributed by atoms with E-state index in [0.717, 1.165) is 12.0 Å². The Morgan fingerprint density at radius 1 is 1.23 bits per heavy atom. The topological polar surface area (TPSA) is 116 Å². The van der Waals surface area contributed by atoms with Crippen LogP contribution in [0, 0.1) is 0 Å². The zero-order chi connectivity index (χ0) is 21.8. The molecule has 2 aromatic heterocycles. The van der Waals surface area contributed by atoms with Crippen LogP contribution in [-0.4, -0.2) is 43.2 Å². The molecule has 1 aliphatic rings. The first-order valence-corrected chi connectivity index (χ1v) is 10.2. The van der Waals surface area contributed by atoms with Crippen molar-refractivity contribution in [2.24, 2.45) is 7.05 Å². The van der Waals surface area contributed by atoms with Gasteiger partial charge in [-0.15, -0.1) is 10.2 Å². The first kappa shape index (κ1) is 20.7. The molecule has 0 bridgehead atoms. The number of ether oxygens (including phenoxy) is 1. The predicted molar refractivity (Wildman–Crippen MR) is 111 cm³/mol. The summed E-state index contributed by atoms with van der Waals surface area (Å²) >= 11 is 0. The third kappa shape index (κ3) is 4.48. The Bertz CT molecular complexity index is 1070. The highest BCUT2D eigenvalue weighted by molar-refractivity contribution is 6.00. The van der Waals surface area contributed by atoms with Crippen LogP contribution >= 0.6 is 0 Å². The molecule has 0 radical (unpaired) electrons. The number of fused-ring (bicyclic) bond motifs is 1. The molecular weight excluding hydrogens is 398 g/mol. The molecule has 2 amide bonds. The molecule has 0 fully saturated rings. The number of carbonyl (C=O) groups excluding carboxylic acids is 2. The number of amides is 2. The van der Waals surface area contributed by atoms with Crippen LogP contribution < -0.4 is 10.6 Å². The minimum absolute atomic E-state index is 0.117. The zero-order valence-corrected chi connectivity index (χ0v) is 17.5. The van der Waals surface area contributed by atoms with Crippen molar-refractivity contribution >= 4 is 11.8 Å². The number of hydrogen-bond donors (Lipinski definition) is 2. The summed E-state index contributed by atoms with van der Waals surface area (Å²) in [6, 6.07) is 11.4. The van der Waals surface area contributed by atoms with Crippen LogP contribution in [0.3, 0.4) is 0 Å². The highest BCUT2D eigenvalue weighted by Crippen LogP contribution is 2.23. The monoisotopic (exact) mass is 423 g/mol. The lowest BCUT2D eigenvalue weighted by Crippen LogP contribution is -2.30. The molecule has 4 rings (SSSR count). The number of hydrogen-bond acceptors (Lipinski definition) is 6. The molecule has 2 N–H and O–H groups in total. The molecule has 0 saturated heterocycles. The number of tetrazole rings is 1. The van der Waals surface area contributed by atoms with E-state index in [1.165, 1.54) is 4.80 Å². The van der Waals surface area contributed by atoms with Crippen LogP contribution in [-0.2, 0) is 31.5 Å². The van der Waals surface area contributed by atoms with E-state index in [0.29, 0.717) is 35.9 Å². The smallest absolute Gasteiger partial charge is 0.268 e. The fraction of sp³-hybridized carbons (Fsp3) is 0.381. The van der Waals surface area contributed by atoms with Crippen molar-refractivity contribution in [1.29, 1.82) is 0 Å². The minimum atomic E-state index is -0.301. The molecule has 3 heterocycles. The van der Waals surface area contributed by atoms with E-state index in [1.807, 2.05) is 41.8 Å². The van der Waals surface area contributed by atoms with Crippen molar-refractivity contribution in [3.8, 4) is 0 Å². The maximum atomic E-state index is 13.1. The van der Waals surface area contributed by atoms with Gasteiger partial charge in [-0.25, -0.2) is 0 Å². The van der Waals surface area contributed by atoms with Gasteiger partial charge >= 0.3 is 0 Å². The summed E-state index contributed by atoms with van der Waals surface area (Å²) in [5, 5.41) is 17.6. The molecule has 10 heteroatoms. The molecule has 1 aromatic carbocycles. The van der Waals surface area contributed by atoms with Crippen molar-refractivity contribution < 1.29 is 14.3 Å². The standard InChI is InChI=1S/C21H25N7O3/c1-3-16(14-7-5-4-6-8-14)23-20(29)15-11-17(28-9-10-31-13-18(15)28)21(30)22-12-19-24-26-27(2)25-19/h4-8,11,16H,3,9-10,12-13H2,1-2H3,(H,22,30)(H,23,29)/t16-/m1/s1. The van der Waals surface area contributed by atoms with E-state index < -0.39 is 0 Å². The Kier molecular flexibility index (Phi) is 6.08. The molecule has 10 nitrogen and oxygen atoms in total.